The molecule has 0 unspecified atom stereocenters. The summed E-state index contributed by atoms with van der Waals surface area (Å²) in [7, 11) is 5.40. The molecule has 1 aromatic carbocycles. The highest BCUT2D eigenvalue weighted by Crippen LogP contribution is 2.26. The van der Waals surface area contributed by atoms with Gasteiger partial charge in [-0.2, -0.15) is 0 Å². The van der Waals surface area contributed by atoms with Crippen LogP contribution in [0.1, 0.15) is 38.5 Å². The normalized spacial score (nSPS) is 17.0. The first-order chi connectivity index (χ1) is 8.25. The molecule has 90 valence electrons. The predicted molar refractivity (Wildman–Crippen MR) is 68.5 cm³/mol. The van der Waals surface area contributed by atoms with Gasteiger partial charge in [-0.15, -0.1) is 0 Å². The van der Waals surface area contributed by atoms with Crippen LogP contribution in [0.5, 0.6) is 5.75 Å². The lowest BCUT2D eigenvalue weighted by Crippen LogP contribution is -2.12. The lowest BCUT2D eigenvalue weighted by Gasteiger charge is -2.21. The minimum atomic E-state index is -0.403. The second-order valence-corrected chi connectivity index (χ2v) is 4.82. The molecule has 2 rings (SSSR count). The topological polar surface area (TPSA) is 9.23 Å². The Balaban J connectivity index is 1.75. The van der Waals surface area contributed by atoms with Crippen molar-refractivity contribution < 1.29 is 9.13 Å². The van der Waals surface area contributed by atoms with E-state index < -0.39 is 5.82 Å². The quantitative estimate of drug-likeness (QED) is 0.725. The van der Waals surface area contributed by atoms with Gasteiger partial charge in [-0.1, -0.05) is 43.6 Å². The molecule has 0 N–H and O–H groups in total. The standard InChI is InChI=1S/C14H18BFO/c15-13-7-6-12(10-14(13)16)17-9-8-11-4-2-1-3-5-11/h6-7,10-11H,1-5,8-9H2. The highest BCUT2D eigenvalue weighted by Gasteiger charge is 2.13. The Morgan fingerprint density at radius 2 is 2.00 bits per heavy atom. The molecule has 1 aromatic rings. The first kappa shape index (κ1) is 12.5. The van der Waals surface area contributed by atoms with Crippen LogP contribution >= 0.6 is 0 Å². The zero-order chi connectivity index (χ0) is 12.1. The third-order valence-corrected chi connectivity index (χ3v) is 3.49. The van der Waals surface area contributed by atoms with Gasteiger partial charge in [-0.3, -0.25) is 0 Å². The molecule has 0 bridgehead atoms. The molecular formula is C14H18BFO. The van der Waals surface area contributed by atoms with Crippen LogP contribution in [0.2, 0.25) is 0 Å². The lowest BCUT2D eigenvalue weighted by atomic mass is 9.87. The summed E-state index contributed by atoms with van der Waals surface area (Å²) in [6.07, 6.45) is 7.79. The van der Waals surface area contributed by atoms with E-state index in [-0.39, 0.29) is 5.46 Å². The maximum atomic E-state index is 13.2. The maximum absolute atomic E-state index is 13.2. The molecule has 0 spiro atoms. The molecule has 0 aromatic heterocycles. The lowest BCUT2D eigenvalue weighted by molar-refractivity contribution is 0.245. The van der Waals surface area contributed by atoms with E-state index in [1.54, 1.807) is 12.1 Å². The summed E-state index contributed by atoms with van der Waals surface area (Å²) in [4.78, 5) is 0. The smallest absolute Gasteiger partial charge is 0.122 e. The van der Waals surface area contributed by atoms with E-state index in [1.807, 2.05) is 0 Å². The first-order valence-electron chi connectivity index (χ1n) is 6.43. The van der Waals surface area contributed by atoms with Gasteiger partial charge in [0.25, 0.3) is 0 Å². The Morgan fingerprint density at radius 1 is 1.24 bits per heavy atom. The molecule has 0 amide bonds. The van der Waals surface area contributed by atoms with Crippen molar-refractivity contribution in [1.82, 2.24) is 0 Å². The molecule has 1 fully saturated rings. The number of hydrogen-bond acceptors (Lipinski definition) is 1. The summed E-state index contributed by atoms with van der Waals surface area (Å²) in [6, 6.07) is 4.63. The fraction of sp³-hybridized carbons (Fsp3) is 0.571. The Morgan fingerprint density at radius 3 is 2.71 bits per heavy atom. The fourth-order valence-corrected chi connectivity index (χ4v) is 2.42. The van der Waals surface area contributed by atoms with Crippen molar-refractivity contribution in [3.8, 4) is 5.75 Å². The molecule has 0 heterocycles. The average molecular weight is 232 g/mol. The molecule has 0 aliphatic heterocycles. The van der Waals surface area contributed by atoms with Crippen LogP contribution in [-0.2, 0) is 0 Å². The highest BCUT2D eigenvalue weighted by molar-refractivity contribution is 6.32. The Bertz CT molecular complexity index is 361. The van der Waals surface area contributed by atoms with Gasteiger partial charge in [0.2, 0.25) is 0 Å². The molecule has 0 saturated heterocycles. The van der Waals surface area contributed by atoms with Crippen LogP contribution < -0.4 is 10.2 Å². The summed E-state index contributed by atoms with van der Waals surface area (Å²) < 4.78 is 18.7. The number of halogens is 1. The minimum Gasteiger partial charge on any atom is -0.493 e. The molecule has 3 heteroatoms. The zero-order valence-corrected chi connectivity index (χ0v) is 10.1. The number of hydrogen-bond donors (Lipinski definition) is 0. The predicted octanol–water partition coefficient (Wildman–Crippen LogP) is 2.97. The van der Waals surface area contributed by atoms with E-state index >= 15 is 0 Å². The SMILES string of the molecule is [B]c1ccc(OCCC2CCCCC2)cc1F. The molecule has 17 heavy (non-hydrogen) atoms. The second-order valence-electron chi connectivity index (χ2n) is 4.82. The van der Waals surface area contributed by atoms with Gasteiger partial charge in [0.05, 0.1) is 6.61 Å². The summed E-state index contributed by atoms with van der Waals surface area (Å²) >= 11 is 0. The van der Waals surface area contributed by atoms with Gasteiger partial charge in [-0.25, -0.2) is 4.39 Å². The van der Waals surface area contributed by atoms with Crippen LogP contribution in [0.15, 0.2) is 18.2 Å². The van der Waals surface area contributed by atoms with Crippen molar-refractivity contribution >= 4 is 13.3 Å². The average Bonchev–Trinajstić information content (AvgIpc) is 2.35. The highest BCUT2D eigenvalue weighted by atomic mass is 19.1. The fourth-order valence-electron chi connectivity index (χ4n) is 2.42. The van der Waals surface area contributed by atoms with Gasteiger partial charge in [0.15, 0.2) is 0 Å². The van der Waals surface area contributed by atoms with Crippen molar-refractivity contribution in [1.29, 1.82) is 0 Å². The van der Waals surface area contributed by atoms with E-state index in [4.69, 9.17) is 12.6 Å². The van der Waals surface area contributed by atoms with Crippen LogP contribution in [0.25, 0.3) is 0 Å². The van der Waals surface area contributed by atoms with Crippen LogP contribution in [0.3, 0.4) is 0 Å². The van der Waals surface area contributed by atoms with Gasteiger partial charge in [0, 0.05) is 6.07 Å². The van der Waals surface area contributed by atoms with Crippen LogP contribution in [0.4, 0.5) is 4.39 Å². The molecule has 0 atom stereocenters. The van der Waals surface area contributed by atoms with Gasteiger partial charge in [0.1, 0.15) is 19.4 Å². The largest absolute Gasteiger partial charge is 0.493 e. The summed E-state index contributed by atoms with van der Waals surface area (Å²) in [5, 5.41) is 0. The van der Waals surface area contributed by atoms with E-state index in [1.165, 1.54) is 38.2 Å². The Hall–Kier alpha value is -0.985. The summed E-state index contributed by atoms with van der Waals surface area (Å²) in [6.45, 7) is 0.675. The minimum absolute atomic E-state index is 0.171. The van der Waals surface area contributed by atoms with Crippen LogP contribution in [0, 0.1) is 11.7 Å². The second kappa shape index (κ2) is 6.09. The Labute approximate surface area is 104 Å². The summed E-state index contributed by atoms with van der Waals surface area (Å²) in [5.41, 5.74) is 0.171. The van der Waals surface area contributed by atoms with Crippen molar-refractivity contribution in [2.75, 3.05) is 6.61 Å². The van der Waals surface area contributed by atoms with Crippen molar-refractivity contribution in [2.24, 2.45) is 5.92 Å². The van der Waals surface area contributed by atoms with E-state index in [0.29, 0.717) is 12.4 Å². The van der Waals surface area contributed by atoms with E-state index in [9.17, 15) is 4.39 Å². The van der Waals surface area contributed by atoms with Gasteiger partial charge in [-0.05, 0) is 18.4 Å². The third-order valence-electron chi connectivity index (χ3n) is 3.49. The van der Waals surface area contributed by atoms with Crippen LogP contribution in [-0.4, -0.2) is 14.5 Å². The molecule has 2 radical (unpaired) electrons. The van der Waals surface area contributed by atoms with Crippen molar-refractivity contribution in [3.63, 3.8) is 0 Å². The molecule has 1 saturated carbocycles. The first-order valence-corrected chi connectivity index (χ1v) is 6.43. The monoisotopic (exact) mass is 232 g/mol. The molecule has 1 aliphatic carbocycles. The number of benzene rings is 1. The van der Waals surface area contributed by atoms with Crippen molar-refractivity contribution in [3.05, 3.63) is 24.0 Å². The maximum Gasteiger partial charge on any atom is 0.122 e. The van der Waals surface area contributed by atoms with E-state index in [2.05, 4.69) is 0 Å². The number of ether oxygens (including phenoxy) is 1. The zero-order valence-electron chi connectivity index (χ0n) is 10.1. The summed E-state index contributed by atoms with van der Waals surface area (Å²) in [5.74, 6) is 0.968. The molecule has 1 aliphatic rings. The van der Waals surface area contributed by atoms with Gasteiger partial charge >= 0.3 is 0 Å². The molecule has 1 nitrogen and oxygen atoms in total. The molecular weight excluding hydrogens is 214 g/mol. The third kappa shape index (κ3) is 3.76. The van der Waals surface area contributed by atoms with Crippen molar-refractivity contribution in [2.45, 2.75) is 38.5 Å². The van der Waals surface area contributed by atoms with Gasteiger partial charge < -0.3 is 4.74 Å². The number of rotatable bonds is 4. The Kier molecular flexibility index (Phi) is 4.46. The van der Waals surface area contributed by atoms with E-state index in [0.717, 1.165) is 12.3 Å².